The van der Waals surface area contributed by atoms with Gasteiger partial charge in [-0.25, -0.2) is 0 Å². The molecular weight excluding hydrogens is 373 g/mol. The first-order valence-corrected chi connectivity index (χ1v) is 9.36. The highest BCUT2D eigenvalue weighted by Gasteiger charge is 2.36. The summed E-state index contributed by atoms with van der Waals surface area (Å²) in [6, 6.07) is 17.9. The van der Waals surface area contributed by atoms with Gasteiger partial charge in [-0.3, -0.25) is 0 Å². The van der Waals surface area contributed by atoms with Gasteiger partial charge in [0.2, 0.25) is 11.4 Å². The highest BCUT2D eigenvalue weighted by molar-refractivity contribution is 5.81. The zero-order chi connectivity index (χ0) is 20.8. The molecule has 4 rings (SSSR count). The van der Waals surface area contributed by atoms with Crippen molar-refractivity contribution in [1.29, 1.82) is 0 Å². The Morgan fingerprint density at radius 2 is 1.31 bits per heavy atom. The molecule has 146 valence electrons. The number of aryl methyl sites for hydroxylation is 2. The van der Waals surface area contributed by atoms with Crippen molar-refractivity contribution in [2.24, 2.45) is 0 Å². The molecule has 0 saturated heterocycles. The van der Waals surface area contributed by atoms with E-state index in [9.17, 15) is 13.2 Å². The summed E-state index contributed by atoms with van der Waals surface area (Å²) in [6.07, 6.45) is -0.745. The molecule has 0 N–H and O–H groups in total. The van der Waals surface area contributed by atoms with Crippen molar-refractivity contribution in [3.63, 3.8) is 0 Å². The Morgan fingerprint density at radius 3 is 1.97 bits per heavy atom. The Morgan fingerprint density at radius 1 is 0.690 bits per heavy atom. The summed E-state index contributed by atoms with van der Waals surface area (Å²) in [4.78, 5) is 0. The van der Waals surface area contributed by atoms with Crippen molar-refractivity contribution in [2.45, 2.75) is 26.9 Å². The summed E-state index contributed by atoms with van der Waals surface area (Å²) in [6.45, 7) is 5.66. The summed E-state index contributed by atoms with van der Waals surface area (Å²) in [5.74, 6) is 0. The molecule has 0 unspecified atom stereocenters. The van der Waals surface area contributed by atoms with Crippen LogP contribution in [0.25, 0.3) is 22.1 Å². The van der Waals surface area contributed by atoms with Gasteiger partial charge >= 0.3 is 6.18 Å². The molecule has 2 heterocycles. The molecule has 0 saturated carbocycles. The largest absolute Gasteiger partial charge is 0.416 e. The van der Waals surface area contributed by atoms with E-state index in [1.165, 1.54) is 12.1 Å². The molecule has 2 nitrogen and oxygen atoms in total. The van der Waals surface area contributed by atoms with Crippen LogP contribution in [0.2, 0.25) is 0 Å². The topological polar surface area (TPSA) is 7.76 Å². The highest BCUT2D eigenvalue weighted by Crippen LogP contribution is 2.32. The van der Waals surface area contributed by atoms with E-state index in [0.717, 1.165) is 27.7 Å². The zero-order valence-corrected chi connectivity index (χ0v) is 16.5. The van der Waals surface area contributed by atoms with Gasteiger partial charge in [0, 0.05) is 49.6 Å². The van der Waals surface area contributed by atoms with E-state index in [2.05, 4.69) is 0 Å². The van der Waals surface area contributed by atoms with Gasteiger partial charge in [0.1, 0.15) is 0 Å². The smallest absolute Gasteiger partial charge is 0.166 e. The number of aromatic nitrogens is 2. The number of halogens is 3. The maximum absolute atomic E-state index is 13.7. The molecule has 0 aliphatic rings. The third-order valence-electron chi connectivity index (χ3n) is 5.27. The number of hydrogen-bond donors (Lipinski definition) is 0. The second kappa shape index (κ2) is 6.99. The van der Waals surface area contributed by atoms with Crippen molar-refractivity contribution >= 4 is 10.8 Å². The molecule has 0 bridgehead atoms. The first kappa shape index (κ1) is 19.1. The quantitative estimate of drug-likeness (QED) is 0.406. The minimum absolute atomic E-state index is 0.521. The summed E-state index contributed by atoms with van der Waals surface area (Å²) in [5, 5.41) is 2.03. The third kappa shape index (κ3) is 3.48. The van der Waals surface area contributed by atoms with Crippen LogP contribution in [0.3, 0.4) is 0 Å². The van der Waals surface area contributed by atoms with Crippen LogP contribution >= 0.6 is 0 Å². The highest BCUT2D eigenvalue weighted by atomic mass is 19.4. The molecule has 4 aromatic rings. The second-order valence-corrected chi connectivity index (χ2v) is 7.26. The molecule has 2 aromatic carbocycles. The molecule has 5 heteroatoms. The molecular formula is C24H21F3N2+2. The predicted molar refractivity (Wildman–Crippen MR) is 106 cm³/mol. The Kier molecular flexibility index (Phi) is 4.61. The van der Waals surface area contributed by atoms with Crippen LogP contribution < -0.4 is 9.13 Å². The lowest BCUT2D eigenvalue weighted by Crippen LogP contribution is -2.39. The van der Waals surface area contributed by atoms with E-state index >= 15 is 0 Å². The Balaban J connectivity index is 2.05. The van der Waals surface area contributed by atoms with Crippen molar-refractivity contribution in [3.8, 4) is 11.4 Å². The molecule has 0 aliphatic heterocycles. The fourth-order valence-electron chi connectivity index (χ4n) is 3.70. The molecule has 0 aliphatic carbocycles. The van der Waals surface area contributed by atoms with E-state index in [-0.39, 0.29) is 0 Å². The maximum Gasteiger partial charge on any atom is 0.416 e. The Labute approximate surface area is 167 Å². The molecule has 0 radical (unpaired) electrons. The van der Waals surface area contributed by atoms with Crippen LogP contribution in [0.4, 0.5) is 13.2 Å². The number of fused-ring (bicyclic) bond motifs is 1. The number of nitrogens with zero attached hydrogens (tertiary/aromatic N) is 2. The van der Waals surface area contributed by atoms with Crippen LogP contribution in [-0.2, 0) is 6.18 Å². The molecule has 2 aromatic heterocycles. The predicted octanol–water partition coefficient (Wildman–Crippen LogP) is 5.34. The molecule has 0 spiro atoms. The maximum atomic E-state index is 13.7. The first-order valence-electron chi connectivity index (χ1n) is 9.36. The van der Waals surface area contributed by atoms with Crippen LogP contribution in [0.5, 0.6) is 0 Å². The zero-order valence-electron chi connectivity index (χ0n) is 16.5. The third-order valence-corrected chi connectivity index (χ3v) is 5.27. The van der Waals surface area contributed by atoms with Gasteiger partial charge in [0.05, 0.1) is 11.1 Å². The van der Waals surface area contributed by atoms with Gasteiger partial charge in [0.15, 0.2) is 23.8 Å². The normalized spacial score (nSPS) is 11.8. The van der Waals surface area contributed by atoms with Crippen molar-refractivity contribution in [2.75, 3.05) is 0 Å². The lowest BCUT2D eigenvalue weighted by atomic mass is 10.0. The first-order chi connectivity index (χ1) is 13.8. The molecule has 0 amide bonds. The van der Waals surface area contributed by atoms with Gasteiger partial charge < -0.3 is 0 Å². The van der Waals surface area contributed by atoms with Gasteiger partial charge in [-0.2, -0.15) is 22.3 Å². The summed E-state index contributed by atoms with van der Waals surface area (Å²) < 4.78 is 44.9. The monoisotopic (exact) mass is 394 g/mol. The van der Waals surface area contributed by atoms with E-state index in [1.807, 2.05) is 80.1 Å². The summed E-state index contributed by atoms with van der Waals surface area (Å²) >= 11 is 0. The minimum Gasteiger partial charge on any atom is -0.166 e. The van der Waals surface area contributed by atoms with Crippen LogP contribution in [-0.4, -0.2) is 0 Å². The summed E-state index contributed by atoms with van der Waals surface area (Å²) in [7, 11) is 0. The fraction of sp³-hybridized carbons (Fsp3) is 0.167. The fourth-order valence-corrected chi connectivity index (χ4v) is 3.70. The van der Waals surface area contributed by atoms with Gasteiger partial charge in [-0.15, -0.1) is 0 Å². The number of benzene rings is 2. The minimum atomic E-state index is -4.44. The lowest BCUT2D eigenvalue weighted by molar-refractivity contribution is -0.611. The second-order valence-electron chi connectivity index (χ2n) is 7.26. The average molecular weight is 394 g/mol. The SMILES string of the molecule is Cc1c(-[n+]2ccccc2C)cc(C(F)(F)F)cc1-[n+]1cc2ccccc2cc1C. The average Bonchev–Trinajstić information content (AvgIpc) is 2.67. The molecule has 0 fully saturated rings. The Hall–Kier alpha value is -3.21. The number of alkyl halides is 3. The van der Waals surface area contributed by atoms with Crippen molar-refractivity contribution in [3.05, 3.63) is 95.6 Å². The van der Waals surface area contributed by atoms with E-state index < -0.39 is 11.7 Å². The summed E-state index contributed by atoms with van der Waals surface area (Å²) in [5.41, 5.74) is 2.89. The number of pyridine rings is 2. The van der Waals surface area contributed by atoms with Crippen LogP contribution in [0.1, 0.15) is 22.5 Å². The van der Waals surface area contributed by atoms with Crippen molar-refractivity contribution < 1.29 is 22.3 Å². The van der Waals surface area contributed by atoms with E-state index in [4.69, 9.17) is 0 Å². The molecule has 29 heavy (non-hydrogen) atoms. The van der Waals surface area contributed by atoms with E-state index in [1.54, 1.807) is 10.8 Å². The van der Waals surface area contributed by atoms with Gasteiger partial charge in [0.25, 0.3) is 0 Å². The van der Waals surface area contributed by atoms with Crippen LogP contribution in [0.15, 0.2) is 73.1 Å². The number of hydrogen-bond acceptors (Lipinski definition) is 0. The van der Waals surface area contributed by atoms with Crippen molar-refractivity contribution in [1.82, 2.24) is 0 Å². The van der Waals surface area contributed by atoms with Gasteiger partial charge in [-0.05, 0) is 18.4 Å². The lowest BCUT2D eigenvalue weighted by Gasteiger charge is -2.12. The van der Waals surface area contributed by atoms with Gasteiger partial charge in [-0.1, -0.05) is 24.3 Å². The standard InChI is InChI=1S/C24H21F3N2/c1-16-8-6-7-11-28(16)22-13-21(24(25,26)27)14-23(18(22)3)29-15-20-10-5-4-9-19(20)12-17(29)2/h4-15H,1-3H3/q+2. The Bertz CT molecular complexity index is 1230. The molecule has 0 atom stereocenters. The van der Waals surface area contributed by atoms with Crippen LogP contribution in [0, 0.1) is 20.8 Å². The van der Waals surface area contributed by atoms with E-state index in [0.29, 0.717) is 11.4 Å². The number of rotatable bonds is 2.